The Morgan fingerprint density at radius 1 is 1.03 bits per heavy atom. The number of guanidine groups is 1. The molecule has 6 heteroatoms. The third kappa shape index (κ3) is 5.83. The predicted molar refractivity (Wildman–Crippen MR) is 129 cm³/mol. The summed E-state index contributed by atoms with van der Waals surface area (Å²) in [6, 6.07) is 21.5. The Labute approximate surface area is 187 Å². The largest absolute Gasteiger partial charge is 0.356 e. The second-order valence-corrected chi connectivity index (χ2v) is 8.30. The van der Waals surface area contributed by atoms with E-state index in [2.05, 4.69) is 91.2 Å². The van der Waals surface area contributed by atoms with E-state index in [-0.39, 0.29) is 0 Å². The molecule has 2 N–H and O–H groups in total. The second-order valence-electron chi connectivity index (χ2n) is 7.27. The minimum Gasteiger partial charge on any atom is -0.356 e. The van der Waals surface area contributed by atoms with Crippen LogP contribution in [0.5, 0.6) is 0 Å². The van der Waals surface area contributed by atoms with Gasteiger partial charge in [0.05, 0.1) is 6.33 Å². The van der Waals surface area contributed by atoms with E-state index in [1.807, 2.05) is 25.8 Å². The van der Waals surface area contributed by atoms with Crippen LogP contribution in [0.2, 0.25) is 0 Å². The highest BCUT2D eigenvalue weighted by atomic mass is 32.1. The van der Waals surface area contributed by atoms with E-state index in [0.717, 1.165) is 25.5 Å². The number of thiophene rings is 1. The Morgan fingerprint density at radius 2 is 1.90 bits per heavy atom. The van der Waals surface area contributed by atoms with Gasteiger partial charge in [-0.05, 0) is 40.1 Å². The van der Waals surface area contributed by atoms with Crippen LogP contribution in [0.3, 0.4) is 0 Å². The first-order chi connectivity index (χ1) is 15.3. The highest BCUT2D eigenvalue weighted by Crippen LogP contribution is 2.24. The molecule has 0 radical (unpaired) electrons. The number of nitrogens with zero attached hydrogens (tertiary/aromatic N) is 3. The number of benzene rings is 2. The molecular formula is C25H27N5S. The molecule has 0 saturated heterocycles. The molecular weight excluding hydrogens is 402 g/mol. The topological polar surface area (TPSA) is 54.2 Å². The second kappa shape index (κ2) is 10.6. The van der Waals surface area contributed by atoms with Crippen molar-refractivity contribution in [1.82, 2.24) is 20.2 Å². The van der Waals surface area contributed by atoms with E-state index >= 15 is 0 Å². The Kier molecular flexibility index (Phi) is 7.13. The molecule has 0 aliphatic heterocycles. The van der Waals surface area contributed by atoms with Crippen molar-refractivity contribution in [2.24, 2.45) is 4.99 Å². The zero-order valence-corrected chi connectivity index (χ0v) is 18.5. The molecule has 0 aliphatic carbocycles. The predicted octanol–water partition coefficient (Wildman–Crippen LogP) is 4.57. The van der Waals surface area contributed by atoms with E-state index in [0.29, 0.717) is 6.54 Å². The van der Waals surface area contributed by atoms with E-state index in [1.165, 1.54) is 27.1 Å². The molecule has 0 unspecified atom stereocenters. The van der Waals surface area contributed by atoms with Crippen LogP contribution in [0.15, 0.2) is 89.8 Å². The van der Waals surface area contributed by atoms with Gasteiger partial charge in [-0.2, -0.15) is 0 Å². The normalized spacial score (nSPS) is 11.5. The average molecular weight is 430 g/mol. The Balaban J connectivity index is 1.37. The van der Waals surface area contributed by atoms with Gasteiger partial charge in [0.2, 0.25) is 0 Å². The van der Waals surface area contributed by atoms with E-state index in [9.17, 15) is 0 Å². The summed E-state index contributed by atoms with van der Waals surface area (Å²) < 4.78 is 2.07. The van der Waals surface area contributed by atoms with Crippen molar-refractivity contribution in [3.63, 3.8) is 0 Å². The first kappa shape index (κ1) is 20.9. The van der Waals surface area contributed by atoms with Gasteiger partial charge in [-0.25, -0.2) is 4.98 Å². The van der Waals surface area contributed by atoms with Gasteiger partial charge in [-0.1, -0.05) is 54.6 Å². The zero-order chi connectivity index (χ0) is 21.3. The number of rotatable bonds is 8. The maximum absolute atomic E-state index is 4.36. The molecule has 0 amide bonds. The Morgan fingerprint density at radius 3 is 2.65 bits per heavy atom. The van der Waals surface area contributed by atoms with Crippen LogP contribution in [-0.4, -0.2) is 29.1 Å². The summed E-state index contributed by atoms with van der Waals surface area (Å²) in [5.74, 6) is 0.821. The van der Waals surface area contributed by atoms with Crippen LogP contribution in [0.1, 0.15) is 16.0 Å². The van der Waals surface area contributed by atoms with Gasteiger partial charge in [-0.3, -0.25) is 4.99 Å². The molecule has 0 saturated carbocycles. The molecule has 2 aromatic carbocycles. The third-order valence-electron chi connectivity index (χ3n) is 5.12. The summed E-state index contributed by atoms with van der Waals surface area (Å²) in [6.45, 7) is 2.41. The SMILES string of the molecule is CN=C(NCCc1cccs1)NCc1ccccc1-c1ccc(Cn2ccnc2)cc1. The highest BCUT2D eigenvalue weighted by Gasteiger charge is 2.06. The first-order valence-corrected chi connectivity index (χ1v) is 11.3. The zero-order valence-electron chi connectivity index (χ0n) is 17.7. The lowest BCUT2D eigenvalue weighted by molar-refractivity contribution is 0.797. The van der Waals surface area contributed by atoms with Gasteiger partial charge in [0.15, 0.2) is 5.96 Å². The van der Waals surface area contributed by atoms with E-state index in [4.69, 9.17) is 0 Å². The van der Waals surface area contributed by atoms with Crippen LogP contribution >= 0.6 is 11.3 Å². The molecule has 0 fully saturated rings. The van der Waals surface area contributed by atoms with Gasteiger partial charge >= 0.3 is 0 Å². The minimum absolute atomic E-state index is 0.714. The maximum Gasteiger partial charge on any atom is 0.191 e. The number of aromatic nitrogens is 2. The Hall–Kier alpha value is -3.38. The molecule has 4 rings (SSSR count). The van der Waals surface area contributed by atoms with Crippen LogP contribution in [0.4, 0.5) is 0 Å². The van der Waals surface area contributed by atoms with Crippen molar-refractivity contribution >= 4 is 17.3 Å². The molecule has 2 aromatic heterocycles. The fraction of sp³-hybridized carbons (Fsp3) is 0.200. The minimum atomic E-state index is 0.714. The summed E-state index contributed by atoms with van der Waals surface area (Å²) in [5.41, 5.74) is 4.95. The van der Waals surface area contributed by atoms with Crippen molar-refractivity contribution in [1.29, 1.82) is 0 Å². The summed E-state index contributed by atoms with van der Waals surface area (Å²) in [7, 11) is 1.81. The molecule has 0 spiro atoms. The quantitative estimate of drug-likeness (QED) is 0.319. The van der Waals surface area contributed by atoms with Crippen LogP contribution in [0, 0.1) is 0 Å². The van der Waals surface area contributed by atoms with Gasteiger partial charge < -0.3 is 15.2 Å². The summed E-state index contributed by atoms with van der Waals surface area (Å²) in [6.07, 6.45) is 6.63. The molecule has 158 valence electrons. The smallest absolute Gasteiger partial charge is 0.191 e. The standard InChI is InChI=1S/C25H27N5S/c1-26-25(28-13-12-23-6-4-16-31-23)29-17-22-5-2-3-7-24(22)21-10-8-20(9-11-21)18-30-15-14-27-19-30/h2-11,14-16,19H,12-13,17-18H2,1H3,(H2,26,28,29). The van der Waals surface area contributed by atoms with Crippen molar-refractivity contribution < 1.29 is 0 Å². The highest BCUT2D eigenvalue weighted by molar-refractivity contribution is 7.09. The fourth-order valence-corrected chi connectivity index (χ4v) is 4.20. The number of hydrogen-bond donors (Lipinski definition) is 2. The number of hydrogen-bond acceptors (Lipinski definition) is 3. The van der Waals surface area contributed by atoms with Crippen LogP contribution in [-0.2, 0) is 19.5 Å². The van der Waals surface area contributed by atoms with E-state index in [1.54, 1.807) is 11.3 Å². The van der Waals surface area contributed by atoms with Crippen molar-refractivity contribution in [3.05, 3.63) is 101 Å². The maximum atomic E-state index is 4.36. The van der Waals surface area contributed by atoms with Crippen LogP contribution in [0.25, 0.3) is 11.1 Å². The first-order valence-electron chi connectivity index (χ1n) is 10.4. The summed E-state index contributed by atoms with van der Waals surface area (Å²) >= 11 is 1.79. The number of aliphatic imine (C=N–C) groups is 1. The number of imidazole rings is 1. The molecule has 0 bridgehead atoms. The fourth-order valence-electron chi connectivity index (χ4n) is 3.50. The van der Waals surface area contributed by atoms with Gasteiger partial charge in [-0.15, -0.1) is 11.3 Å². The average Bonchev–Trinajstić information content (AvgIpc) is 3.51. The molecule has 0 atom stereocenters. The van der Waals surface area contributed by atoms with Gasteiger partial charge in [0, 0.05) is 44.0 Å². The van der Waals surface area contributed by atoms with Crippen molar-refractivity contribution in [2.75, 3.05) is 13.6 Å². The molecule has 0 aliphatic rings. The Bertz CT molecular complexity index is 1080. The third-order valence-corrected chi connectivity index (χ3v) is 6.06. The van der Waals surface area contributed by atoms with E-state index < -0.39 is 0 Å². The lowest BCUT2D eigenvalue weighted by atomic mass is 9.98. The summed E-state index contributed by atoms with van der Waals surface area (Å²) in [4.78, 5) is 9.85. The molecule has 5 nitrogen and oxygen atoms in total. The number of nitrogens with one attached hydrogen (secondary N) is 2. The van der Waals surface area contributed by atoms with Gasteiger partial charge in [0.25, 0.3) is 0 Å². The summed E-state index contributed by atoms with van der Waals surface area (Å²) in [5, 5.41) is 8.97. The lowest BCUT2D eigenvalue weighted by Crippen LogP contribution is -2.37. The molecule has 31 heavy (non-hydrogen) atoms. The molecule has 4 aromatic rings. The van der Waals surface area contributed by atoms with Crippen LogP contribution < -0.4 is 10.6 Å². The lowest BCUT2D eigenvalue weighted by Gasteiger charge is -2.14. The monoisotopic (exact) mass is 429 g/mol. The van der Waals surface area contributed by atoms with Crippen molar-refractivity contribution in [3.8, 4) is 11.1 Å². The molecule has 2 heterocycles. The van der Waals surface area contributed by atoms with Gasteiger partial charge in [0.1, 0.15) is 0 Å². The van der Waals surface area contributed by atoms with Crippen molar-refractivity contribution in [2.45, 2.75) is 19.5 Å².